The fourth-order valence-corrected chi connectivity index (χ4v) is 1.59. The fourth-order valence-electron chi connectivity index (χ4n) is 1.26. The van der Waals surface area contributed by atoms with Crippen molar-refractivity contribution in [2.75, 3.05) is 12.4 Å². The van der Waals surface area contributed by atoms with Gasteiger partial charge in [-0.3, -0.25) is 4.79 Å². The van der Waals surface area contributed by atoms with Crippen LogP contribution in [0.4, 0.5) is 19.0 Å². The minimum Gasteiger partial charge on any atom is -0.358 e. The predicted octanol–water partition coefficient (Wildman–Crippen LogP) is 2.41. The number of anilines is 1. The number of hydrogen-bond donors (Lipinski definition) is 2. The highest BCUT2D eigenvalue weighted by molar-refractivity contribution is 9.10. The molecule has 0 bridgehead atoms. The van der Waals surface area contributed by atoms with Crippen LogP contribution in [-0.4, -0.2) is 24.0 Å². The predicted molar refractivity (Wildman–Crippen MR) is 64.1 cm³/mol. The molecule has 0 aliphatic rings. The summed E-state index contributed by atoms with van der Waals surface area (Å²) < 4.78 is 38.5. The Morgan fingerprint density at radius 3 is 2.61 bits per heavy atom. The van der Waals surface area contributed by atoms with Gasteiger partial charge in [-0.15, -0.1) is 0 Å². The lowest BCUT2D eigenvalue weighted by Gasteiger charge is -2.17. The topological polar surface area (TPSA) is 54.0 Å². The van der Waals surface area contributed by atoms with Gasteiger partial charge in [0.2, 0.25) is 5.91 Å². The molecule has 4 nitrogen and oxygen atoms in total. The standard InChI is InChI=1S/C10H11BrF3N3O/c1-5(9(18)15-2)17-8-7(10(12,13)14)3-6(11)4-16-8/h3-5H,1-2H3,(H,15,18)(H,16,17). The summed E-state index contributed by atoms with van der Waals surface area (Å²) >= 11 is 2.93. The maximum Gasteiger partial charge on any atom is 0.419 e. The van der Waals surface area contributed by atoms with Crippen LogP contribution in [-0.2, 0) is 11.0 Å². The van der Waals surface area contributed by atoms with E-state index >= 15 is 0 Å². The van der Waals surface area contributed by atoms with Gasteiger partial charge in [0.15, 0.2) is 0 Å². The van der Waals surface area contributed by atoms with Crippen molar-refractivity contribution in [3.63, 3.8) is 0 Å². The zero-order valence-electron chi connectivity index (χ0n) is 9.60. The summed E-state index contributed by atoms with van der Waals surface area (Å²) in [6, 6.07) is 0.0936. The third kappa shape index (κ3) is 3.59. The molecule has 100 valence electrons. The summed E-state index contributed by atoms with van der Waals surface area (Å²) in [5.74, 6) is -0.797. The van der Waals surface area contributed by atoms with E-state index in [0.717, 1.165) is 6.07 Å². The highest BCUT2D eigenvalue weighted by Crippen LogP contribution is 2.35. The Morgan fingerprint density at radius 1 is 1.50 bits per heavy atom. The molecule has 1 rings (SSSR count). The molecule has 1 aromatic rings. The largest absolute Gasteiger partial charge is 0.419 e. The molecule has 2 N–H and O–H groups in total. The lowest BCUT2D eigenvalue weighted by atomic mass is 10.2. The number of hydrogen-bond acceptors (Lipinski definition) is 3. The van der Waals surface area contributed by atoms with Crippen LogP contribution in [0.1, 0.15) is 12.5 Å². The molecule has 0 aliphatic carbocycles. The molecule has 0 fully saturated rings. The second kappa shape index (κ2) is 5.55. The zero-order valence-corrected chi connectivity index (χ0v) is 11.2. The van der Waals surface area contributed by atoms with Crippen molar-refractivity contribution in [1.29, 1.82) is 0 Å². The van der Waals surface area contributed by atoms with Crippen LogP contribution in [0.15, 0.2) is 16.7 Å². The summed E-state index contributed by atoms with van der Waals surface area (Å²) in [7, 11) is 1.40. The van der Waals surface area contributed by atoms with E-state index in [1.807, 2.05) is 0 Å². The number of halogens is 4. The van der Waals surface area contributed by atoms with E-state index in [9.17, 15) is 18.0 Å². The van der Waals surface area contributed by atoms with Crippen LogP contribution in [0.3, 0.4) is 0 Å². The first kappa shape index (κ1) is 14.7. The first-order chi connectivity index (χ1) is 8.25. The van der Waals surface area contributed by atoms with Crippen LogP contribution in [0, 0.1) is 0 Å². The van der Waals surface area contributed by atoms with Crippen molar-refractivity contribution < 1.29 is 18.0 Å². The molecule has 18 heavy (non-hydrogen) atoms. The molecular formula is C10H11BrF3N3O. The first-order valence-corrected chi connectivity index (χ1v) is 5.76. The highest BCUT2D eigenvalue weighted by atomic mass is 79.9. The minimum atomic E-state index is -4.54. The van der Waals surface area contributed by atoms with Gasteiger partial charge in [-0.2, -0.15) is 13.2 Å². The number of aromatic nitrogens is 1. The van der Waals surface area contributed by atoms with Crippen LogP contribution in [0.25, 0.3) is 0 Å². The third-order valence-electron chi connectivity index (χ3n) is 2.15. The van der Waals surface area contributed by atoms with E-state index in [1.54, 1.807) is 0 Å². The van der Waals surface area contributed by atoms with Crippen molar-refractivity contribution in [2.24, 2.45) is 0 Å². The Bertz CT molecular complexity index is 450. The van der Waals surface area contributed by atoms with Gasteiger partial charge in [0.25, 0.3) is 0 Å². The summed E-state index contributed by atoms with van der Waals surface area (Å²) in [5.41, 5.74) is -0.923. The van der Waals surface area contributed by atoms with Gasteiger partial charge in [0.05, 0.1) is 5.56 Å². The number of rotatable bonds is 3. The minimum absolute atomic E-state index is 0.216. The number of carbonyl (C=O) groups excluding carboxylic acids is 1. The zero-order chi connectivity index (χ0) is 13.9. The first-order valence-electron chi connectivity index (χ1n) is 4.96. The highest BCUT2D eigenvalue weighted by Gasteiger charge is 2.35. The maximum absolute atomic E-state index is 12.8. The molecule has 1 amide bonds. The van der Waals surface area contributed by atoms with Crippen LogP contribution < -0.4 is 10.6 Å². The van der Waals surface area contributed by atoms with E-state index in [0.29, 0.717) is 0 Å². The second-order valence-electron chi connectivity index (χ2n) is 3.53. The van der Waals surface area contributed by atoms with Crippen molar-refractivity contribution in [1.82, 2.24) is 10.3 Å². The number of alkyl halides is 3. The Kier molecular flexibility index (Phi) is 4.55. The SMILES string of the molecule is CNC(=O)C(C)Nc1ncc(Br)cc1C(F)(F)F. The normalized spacial score (nSPS) is 13.0. The molecule has 0 saturated carbocycles. The van der Waals surface area contributed by atoms with Crippen LogP contribution in [0.2, 0.25) is 0 Å². The quantitative estimate of drug-likeness (QED) is 0.897. The third-order valence-corrected chi connectivity index (χ3v) is 2.59. The molecule has 0 saturated heterocycles. The number of nitrogens with one attached hydrogen (secondary N) is 2. The summed E-state index contributed by atoms with van der Waals surface area (Å²) in [6.07, 6.45) is -3.31. The number of amides is 1. The van der Waals surface area contributed by atoms with Gasteiger partial charge in [-0.25, -0.2) is 4.98 Å². The molecule has 1 unspecified atom stereocenters. The van der Waals surface area contributed by atoms with E-state index < -0.39 is 23.7 Å². The van der Waals surface area contributed by atoms with Gasteiger partial charge in [0.1, 0.15) is 11.9 Å². The average Bonchev–Trinajstić information content (AvgIpc) is 2.28. The summed E-state index contributed by atoms with van der Waals surface area (Å²) in [5, 5.41) is 4.77. The Labute approximate surface area is 110 Å². The van der Waals surface area contributed by atoms with Crippen molar-refractivity contribution in [3.05, 3.63) is 22.3 Å². The lowest BCUT2D eigenvalue weighted by molar-refractivity contribution is -0.137. The molecular weight excluding hydrogens is 315 g/mol. The van der Waals surface area contributed by atoms with Gasteiger partial charge in [-0.05, 0) is 28.9 Å². The van der Waals surface area contributed by atoms with Gasteiger partial charge in [-0.1, -0.05) is 0 Å². The Hall–Kier alpha value is -1.31. The Balaban J connectivity index is 3.06. The average molecular weight is 326 g/mol. The molecule has 0 aromatic carbocycles. The van der Waals surface area contributed by atoms with Crippen molar-refractivity contribution >= 4 is 27.7 Å². The van der Waals surface area contributed by atoms with Crippen LogP contribution in [0.5, 0.6) is 0 Å². The summed E-state index contributed by atoms with van der Waals surface area (Å²) in [6.45, 7) is 1.45. The smallest absolute Gasteiger partial charge is 0.358 e. The lowest BCUT2D eigenvalue weighted by Crippen LogP contribution is -2.36. The number of pyridine rings is 1. The van der Waals surface area contributed by atoms with Crippen molar-refractivity contribution in [3.8, 4) is 0 Å². The molecule has 0 radical (unpaired) electrons. The Morgan fingerprint density at radius 2 is 2.11 bits per heavy atom. The molecule has 1 aromatic heterocycles. The van der Waals surface area contributed by atoms with Crippen molar-refractivity contribution in [2.45, 2.75) is 19.1 Å². The molecule has 0 aliphatic heterocycles. The van der Waals surface area contributed by atoms with Gasteiger partial charge in [0, 0.05) is 17.7 Å². The van der Waals surface area contributed by atoms with Gasteiger partial charge < -0.3 is 10.6 Å². The number of carbonyl (C=O) groups is 1. The van der Waals surface area contributed by atoms with E-state index in [4.69, 9.17) is 0 Å². The fraction of sp³-hybridized carbons (Fsp3) is 0.400. The van der Waals surface area contributed by atoms with Gasteiger partial charge >= 0.3 is 6.18 Å². The molecule has 8 heteroatoms. The molecule has 1 heterocycles. The second-order valence-corrected chi connectivity index (χ2v) is 4.44. The maximum atomic E-state index is 12.8. The number of likely N-dealkylation sites (N-methyl/N-ethyl adjacent to an activating group) is 1. The van der Waals surface area contributed by atoms with E-state index in [1.165, 1.54) is 20.2 Å². The monoisotopic (exact) mass is 325 g/mol. The van der Waals surface area contributed by atoms with E-state index in [2.05, 4.69) is 31.5 Å². The summed E-state index contributed by atoms with van der Waals surface area (Å²) in [4.78, 5) is 14.9. The number of nitrogens with zero attached hydrogens (tertiary/aromatic N) is 1. The van der Waals surface area contributed by atoms with E-state index in [-0.39, 0.29) is 10.3 Å². The van der Waals surface area contributed by atoms with Crippen LogP contribution >= 0.6 is 15.9 Å². The molecule has 0 spiro atoms. The molecule has 1 atom stereocenters.